The molecule has 1 aromatic carbocycles. The minimum atomic E-state index is -0.279. The fourth-order valence-electron chi connectivity index (χ4n) is 4.85. The summed E-state index contributed by atoms with van der Waals surface area (Å²) in [6.07, 6.45) is 10.7. The number of rotatable bonds is 7. The molecule has 138 valence electrons. The molecule has 0 unspecified atom stereocenters. The third kappa shape index (κ3) is 4.25. The summed E-state index contributed by atoms with van der Waals surface area (Å²) in [5, 5.41) is 3.27. The van der Waals surface area contributed by atoms with Gasteiger partial charge in [-0.2, -0.15) is 0 Å². The zero-order valence-corrected chi connectivity index (χ0v) is 15.8. The van der Waals surface area contributed by atoms with Crippen LogP contribution < -0.4 is 5.32 Å². The van der Waals surface area contributed by atoms with Gasteiger partial charge in [0.15, 0.2) is 0 Å². The van der Waals surface area contributed by atoms with E-state index in [2.05, 4.69) is 41.4 Å². The maximum atomic E-state index is 13.0. The summed E-state index contributed by atoms with van der Waals surface area (Å²) in [6, 6.07) is 11.2. The van der Waals surface area contributed by atoms with Gasteiger partial charge in [0.1, 0.15) is 0 Å². The van der Waals surface area contributed by atoms with Crippen LogP contribution in [-0.2, 0) is 10.2 Å². The molecule has 3 rings (SSSR count). The number of hydrogen-bond acceptors (Lipinski definition) is 2. The number of carbonyl (C=O) groups excluding carboxylic acids is 1. The van der Waals surface area contributed by atoms with E-state index in [4.69, 9.17) is 0 Å². The van der Waals surface area contributed by atoms with Gasteiger partial charge in [-0.1, -0.05) is 56.5 Å². The summed E-state index contributed by atoms with van der Waals surface area (Å²) in [6.45, 7) is 5.46. The number of benzene rings is 1. The minimum absolute atomic E-state index is 0.252. The van der Waals surface area contributed by atoms with E-state index in [0.29, 0.717) is 0 Å². The summed E-state index contributed by atoms with van der Waals surface area (Å²) in [7, 11) is 0. The normalized spacial score (nSPS) is 23.5. The van der Waals surface area contributed by atoms with Crippen LogP contribution in [0.1, 0.15) is 70.3 Å². The second-order valence-electron chi connectivity index (χ2n) is 7.86. The lowest BCUT2D eigenvalue weighted by atomic mass is 9.78. The summed E-state index contributed by atoms with van der Waals surface area (Å²) in [5.41, 5.74) is 0.922. The van der Waals surface area contributed by atoms with E-state index >= 15 is 0 Å². The number of carbonyl (C=O) groups is 1. The third-order valence-corrected chi connectivity index (χ3v) is 6.35. The van der Waals surface area contributed by atoms with E-state index in [9.17, 15) is 4.79 Å². The molecular formula is C22H34N2O. The highest BCUT2D eigenvalue weighted by molar-refractivity contribution is 5.88. The molecule has 1 amide bonds. The largest absolute Gasteiger partial charge is 0.355 e. The monoisotopic (exact) mass is 342 g/mol. The van der Waals surface area contributed by atoms with E-state index in [1.54, 1.807) is 0 Å². The highest BCUT2D eigenvalue weighted by Gasteiger charge is 2.42. The van der Waals surface area contributed by atoms with Crippen LogP contribution in [0, 0.1) is 0 Å². The SMILES string of the molecule is CC[C@H]1CCCCN1CCCNC(=O)C1(c2ccccc2)CCCC1. The highest BCUT2D eigenvalue weighted by Crippen LogP contribution is 2.41. The van der Waals surface area contributed by atoms with Crippen LogP contribution >= 0.6 is 0 Å². The molecule has 0 aromatic heterocycles. The molecule has 1 aromatic rings. The highest BCUT2D eigenvalue weighted by atomic mass is 16.2. The Labute approximate surface area is 153 Å². The van der Waals surface area contributed by atoms with Crippen molar-refractivity contribution in [3.63, 3.8) is 0 Å². The first-order valence-electron chi connectivity index (χ1n) is 10.3. The lowest BCUT2D eigenvalue weighted by molar-refractivity contribution is -0.126. The molecule has 1 saturated carbocycles. The average molecular weight is 343 g/mol. The van der Waals surface area contributed by atoms with E-state index in [1.807, 2.05) is 6.07 Å². The predicted molar refractivity (Wildman–Crippen MR) is 104 cm³/mol. The molecule has 0 bridgehead atoms. The first-order valence-corrected chi connectivity index (χ1v) is 10.3. The second-order valence-corrected chi connectivity index (χ2v) is 7.86. The molecule has 1 saturated heterocycles. The van der Waals surface area contributed by atoms with Gasteiger partial charge in [-0.3, -0.25) is 4.79 Å². The molecule has 25 heavy (non-hydrogen) atoms. The third-order valence-electron chi connectivity index (χ3n) is 6.35. The van der Waals surface area contributed by atoms with Crippen molar-refractivity contribution in [2.45, 2.75) is 76.2 Å². The maximum absolute atomic E-state index is 13.0. The van der Waals surface area contributed by atoms with Gasteiger partial charge < -0.3 is 10.2 Å². The first kappa shape index (κ1) is 18.4. The molecular weight excluding hydrogens is 308 g/mol. The molecule has 0 spiro atoms. The fraction of sp³-hybridized carbons (Fsp3) is 0.682. The molecule has 2 aliphatic rings. The Hall–Kier alpha value is -1.35. The molecule has 1 aliphatic carbocycles. The van der Waals surface area contributed by atoms with Crippen molar-refractivity contribution < 1.29 is 4.79 Å². The van der Waals surface area contributed by atoms with E-state index in [0.717, 1.165) is 51.2 Å². The van der Waals surface area contributed by atoms with Crippen molar-refractivity contribution in [2.75, 3.05) is 19.6 Å². The molecule has 3 nitrogen and oxygen atoms in total. The van der Waals surface area contributed by atoms with Crippen LogP contribution in [0.2, 0.25) is 0 Å². The van der Waals surface area contributed by atoms with Crippen LogP contribution in [0.15, 0.2) is 30.3 Å². The Kier molecular flexibility index (Phi) is 6.52. The summed E-state index contributed by atoms with van der Waals surface area (Å²) >= 11 is 0. The lowest BCUT2D eigenvalue weighted by Gasteiger charge is -2.35. The number of hydrogen-bond donors (Lipinski definition) is 1. The van der Waals surface area contributed by atoms with Crippen LogP contribution in [-0.4, -0.2) is 36.5 Å². The fourth-order valence-corrected chi connectivity index (χ4v) is 4.85. The van der Waals surface area contributed by atoms with Crippen molar-refractivity contribution in [3.8, 4) is 0 Å². The van der Waals surface area contributed by atoms with Crippen molar-refractivity contribution in [3.05, 3.63) is 35.9 Å². The predicted octanol–water partition coefficient (Wildman–Crippen LogP) is 4.27. The molecule has 1 aliphatic heterocycles. The van der Waals surface area contributed by atoms with Gasteiger partial charge in [-0.25, -0.2) is 0 Å². The van der Waals surface area contributed by atoms with Crippen molar-refractivity contribution in [1.82, 2.24) is 10.2 Å². The van der Waals surface area contributed by atoms with E-state index in [-0.39, 0.29) is 11.3 Å². The van der Waals surface area contributed by atoms with Gasteiger partial charge in [0.05, 0.1) is 5.41 Å². The van der Waals surface area contributed by atoms with Crippen molar-refractivity contribution in [2.24, 2.45) is 0 Å². The van der Waals surface area contributed by atoms with Gasteiger partial charge in [-0.05, 0) is 50.6 Å². The van der Waals surface area contributed by atoms with Gasteiger partial charge >= 0.3 is 0 Å². The molecule has 1 heterocycles. The standard InChI is InChI=1S/C22H34N2O/c1-2-20-13-6-9-17-24(20)18-10-16-23-21(25)22(14-7-8-15-22)19-11-4-3-5-12-19/h3-5,11-12,20H,2,6-10,13-18H2,1H3,(H,23,25)/t20-/m0/s1. The Morgan fingerprint density at radius 2 is 1.92 bits per heavy atom. The Bertz CT molecular complexity index is 536. The Balaban J connectivity index is 1.51. The molecule has 0 radical (unpaired) electrons. The van der Waals surface area contributed by atoms with Gasteiger partial charge in [-0.15, -0.1) is 0 Å². The summed E-state index contributed by atoms with van der Waals surface area (Å²) < 4.78 is 0. The smallest absolute Gasteiger partial charge is 0.230 e. The second kappa shape index (κ2) is 8.84. The molecule has 2 fully saturated rings. The minimum Gasteiger partial charge on any atom is -0.355 e. The molecule has 1 N–H and O–H groups in total. The molecule has 3 heteroatoms. The average Bonchev–Trinajstić information content (AvgIpc) is 3.17. The van der Waals surface area contributed by atoms with E-state index < -0.39 is 0 Å². The molecule has 1 atom stereocenters. The van der Waals surface area contributed by atoms with Gasteiger partial charge in [0.25, 0.3) is 0 Å². The number of nitrogens with zero attached hydrogens (tertiary/aromatic N) is 1. The van der Waals surface area contributed by atoms with Crippen LogP contribution in [0.5, 0.6) is 0 Å². The Morgan fingerprint density at radius 1 is 1.16 bits per heavy atom. The van der Waals surface area contributed by atoms with Crippen LogP contribution in [0.4, 0.5) is 0 Å². The van der Waals surface area contributed by atoms with Crippen molar-refractivity contribution in [1.29, 1.82) is 0 Å². The van der Waals surface area contributed by atoms with Gasteiger partial charge in [0, 0.05) is 19.1 Å². The number of nitrogens with one attached hydrogen (secondary N) is 1. The maximum Gasteiger partial charge on any atom is 0.230 e. The van der Waals surface area contributed by atoms with Crippen molar-refractivity contribution >= 4 is 5.91 Å². The number of amides is 1. The first-order chi connectivity index (χ1) is 12.3. The summed E-state index contributed by atoms with van der Waals surface area (Å²) in [5.74, 6) is 0.252. The quantitative estimate of drug-likeness (QED) is 0.751. The number of likely N-dealkylation sites (tertiary alicyclic amines) is 1. The number of piperidine rings is 1. The summed E-state index contributed by atoms with van der Waals surface area (Å²) in [4.78, 5) is 15.7. The van der Waals surface area contributed by atoms with Crippen LogP contribution in [0.3, 0.4) is 0 Å². The zero-order chi connectivity index (χ0) is 17.5. The van der Waals surface area contributed by atoms with Crippen LogP contribution in [0.25, 0.3) is 0 Å². The van der Waals surface area contributed by atoms with Gasteiger partial charge in [0.2, 0.25) is 5.91 Å². The zero-order valence-electron chi connectivity index (χ0n) is 15.8. The Morgan fingerprint density at radius 3 is 2.64 bits per heavy atom. The van der Waals surface area contributed by atoms with E-state index in [1.165, 1.54) is 37.8 Å². The topological polar surface area (TPSA) is 32.3 Å². The lowest BCUT2D eigenvalue weighted by Crippen LogP contribution is -2.44.